The average Bonchev–Trinajstić information content (AvgIpc) is 3.00. The summed E-state index contributed by atoms with van der Waals surface area (Å²) in [5.74, 6) is -0.218. The monoisotopic (exact) mass is 329 g/mol. The molecule has 124 valence electrons. The van der Waals surface area contributed by atoms with Gasteiger partial charge in [-0.2, -0.15) is 0 Å². The van der Waals surface area contributed by atoms with Gasteiger partial charge in [-0.3, -0.25) is 0 Å². The van der Waals surface area contributed by atoms with E-state index in [4.69, 9.17) is 10.5 Å². The molecule has 1 aliphatic carbocycles. The molecule has 0 aromatic heterocycles. The van der Waals surface area contributed by atoms with Crippen molar-refractivity contribution in [3.05, 3.63) is 95.1 Å². The Bertz CT molecular complexity index is 870. The summed E-state index contributed by atoms with van der Waals surface area (Å²) in [6.45, 7) is 0.802. The molecule has 3 aromatic rings. The fourth-order valence-corrected chi connectivity index (χ4v) is 3.46. The molecule has 4 rings (SSSR count). The fourth-order valence-electron chi connectivity index (χ4n) is 3.46. The maximum absolute atomic E-state index is 12.4. The van der Waals surface area contributed by atoms with Crippen molar-refractivity contribution in [2.75, 3.05) is 6.61 Å². The van der Waals surface area contributed by atoms with Crippen molar-refractivity contribution in [1.82, 2.24) is 0 Å². The van der Waals surface area contributed by atoms with Gasteiger partial charge in [0.2, 0.25) is 0 Å². The maximum atomic E-state index is 12.4. The van der Waals surface area contributed by atoms with Crippen LogP contribution in [0, 0.1) is 0 Å². The minimum atomic E-state index is -0.301. The molecule has 0 amide bonds. The summed E-state index contributed by atoms with van der Waals surface area (Å²) >= 11 is 0. The smallest absolute Gasteiger partial charge is 0.338 e. The summed E-state index contributed by atoms with van der Waals surface area (Å²) < 4.78 is 5.63. The number of esters is 1. The van der Waals surface area contributed by atoms with Gasteiger partial charge in [0, 0.05) is 12.5 Å². The molecule has 0 aliphatic heterocycles. The summed E-state index contributed by atoms with van der Waals surface area (Å²) in [5, 5.41) is 0. The normalized spacial score (nSPS) is 12.5. The SMILES string of the molecule is NCc1ccc(C(=O)OCC2c3ccccc3-c3ccccc32)cc1. The molecule has 0 fully saturated rings. The third-order valence-electron chi connectivity index (χ3n) is 4.77. The van der Waals surface area contributed by atoms with Crippen molar-refractivity contribution in [1.29, 1.82) is 0 Å². The third kappa shape index (κ3) is 2.83. The van der Waals surface area contributed by atoms with Crippen LogP contribution in [0.1, 0.15) is 33.0 Å². The van der Waals surface area contributed by atoms with E-state index in [2.05, 4.69) is 24.3 Å². The number of fused-ring (bicyclic) bond motifs is 3. The Hall–Kier alpha value is -2.91. The molecule has 0 unspecified atom stereocenters. The van der Waals surface area contributed by atoms with Crippen molar-refractivity contribution in [3.8, 4) is 11.1 Å². The zero-order valence-corrected chi connectivity index (χ0v) is 13.8. The number of nitrogens with two attached hydrogens (primary N) is 1. The first-order chi connectivity index (χ1) is 12.3. The molecule has 3 aromatic carbocycles. The number of hydrogen-bond donors (Lipinski definition) is 1. The predicted molar refractivity (Wildman–Crippen MR) is 98.3 cm³/mol. The van der Waals surface area contributed by atoms with Crippen molar-refractivity contribution < 1.29 is 9.53 Å². The van der Waals surface area contributed by atoms with Crippen LogP contribution in [0.3, 0.4) is 0 Å². The van der Waals surface area contributed by atoms with Crippen LogP contribution in [0.15, 0.2) is 72.8 Å². The van der Waals surface area contributed by atoms with Gasteiger partial charge < -0.3 is 10.5 Å². The summed E-state index contributed by atoms with van der Waals surface area (Å²) in [7, 11) is 0. The van der Waals surface area contributed by atoms with Gasteiger partial charge in [0.05, 0.1) is 5.56 Å². The quantitative estimate of drug-likeness (QED) is 0.733. The Morgan fingerprint density at radius 3 is 1.96 bits per heavy atom. The van der Waals surface area contributed by atoms with Gasteiger partial charge in [-0.05, 0) is 39.9 Å². The number of carbonyl (C=O) groups excluding carboxylic acids is 1. The second-order valence-electron chi connectivity index (χ2n) is 6.23. The number of ether oxygens (including phenoxy) is 1. The van der Waals surface area contributed by atoms with E-state index in [0.717, 1.165) is 5.56 Å². The Balaban J connectivity index is 1.55. The minimum Gasteiger partial charge on any atom is -0.461 e. The van der Waals surface area contributed by atoms with E-state index in [-0.39, 0.29) is 11.9 Å². The lowest BCUT2D eigenvalue weighted by molar-refractivity contribution is 0.0493. The van der Waals surface area contributed by atoms with E-state index in [1.54, 1.807) is 12.1 Å². The van der Waals surface area contributed by atoms with Gasteiger partial charge in [-0.25, -0.2) is 4.79 Å². The highest BCUT2D eigenvalue weighted by atomic mass is 16.5. The Kier molecular flexibility index (Phi) is 4.08. The molecule has 0 atom stereocenters. The van der Waals surface area contributed by atoms with E-state index >= 15 is 0 Å². The molecule has 0 saturated heterocycles. The van der Waals surface area contributed by atoms with Crippen LogP contribution in [0.2, 0.25) is 0 Å². The van der Waals surface area contributed by atoms with Crippen LogP contribution in [-0.4, -0.2) is 12.6 Å². The van der Waals surface area contributed by atoms with Crippen LogP contribution >= 0.6 is 0 Å². The zero-order valence-electron chi connectivity index (χ0n) is 13.8. The zero-order chi connectivity index (χ0) is 17.2. The standard InChI is InChI=1S/C22H19NO2/c23-13-15-9-11-16(12-10-15)22(24)25-14-21-19-7-3-1-5-17(19)18-6-2-4-8-20(18)21/h1-12,21H,13-14,23H2. The molecule has 0 radical (unpaired) electrons. The molecule has 25 heavy (non-hydrogen) atoms. The largest absolute Gasteiger partial charge is 0.461 e. The van der Waals surface area contributed by atoms with Crippen molar-refractivity contribution in [3.63, 3.8) is 0 Å². The van der Waals surface area contributed by atoms with Gasteiger partial charge in [-0.1, -0.05) is 60.7 Å². The molecule has 1 aliphatic rings. The first-order valence-electron chi connectivity index (χ1n) is 8.42. The molecular weight excluding hydrogens is 310 g/mol. The van der Waals surface area contributed by atoms with E-state index in [1.807, 2.05) is 36.4 Å². The second kappa shape index (κ2) is 6.54. The lowest BCUT2D eigenvalue weighted by atomic mass is 9.98. The van der Waals surface area contributed by atoms with Crippen molar-refractivity contribution in [2.24, 2.45) is 5.73 Å². The van der Waals surface area contributed by atoms with E-state index in [1.165, 1.54) is 22.3 Å². The van der Waals surface area contributed by atoms with Gasteiger partial charge >= 0.3 is 5.97 Å². The molecule has 3 nitrogen and oxygen atoms in total. The Morgan fingerprint density at radius 2 is 1.40 bits per heavy atom. The van der Waals surface area contributed by atoms with Crippen LogP contribution in [0.5, 0.6) is 0 Å². The summed E-state index contributed by atoms with van der Waals surface area (Å²) in [5.41, 5.74) is 12.0. The molecule has 3 heteroatoms. The van der Waals surface area contributed by atoms with Gasteiger partial charge in [0.25, 0.3) is 0 Å². The molecule has 0 bridgehead atoms. The molecule has 0 heterocycles. The fraction of sp³-hybridized carbons (Fsp3) is 0.136. The highest BCUT2D eigenvalue weighted by molar-refractivity contribution is 5.89. The average molecular weight is 329 g/mol. The number of carbonyl (C=O) groups is 1. The summed E-state index contributed by atoms with van der Waals surface area (Å²) in [4.78, 5) is 12.4. The van der Waals surface area contributed by atoms with Gasteiger partial charge in [0.1, 0.15) is 6.61 Å². The van der Waals surface area contributed by atoms with Crippen LogP contribution in [0.4, 0.5) is 0 Å². The van der Waals surface area contributed by atoms with Crippen LogP contribution in [-0.2, 0) is 11.3 Å². The van der Waals surface area contributed by atoms with Crippen molar-refractivity contribution >= 4 is 5.97 Å². The van der Waals surface area contributed by atoms with E-state index in [0.29, 0.717) is 18.7 Å². The van der Waals surface area contributed by atoms with Gasteiger partial charge in [-0.15, -0.1) is 0 Å². The van der Waals surface area contributed by atoms with Crippen molar-refractivity contribution in [2.45, 2.75) is 12.5 Å². The first kappa shape index (κ1) is 15.6. The Morgan fingerprint density at radius 1 is 0.840 bits per heavy atom. The Labute approximate surface area is 147 Å². The summed E-state index contributed by atoms with van der Waals surface area (Å²) in [6, 6.07) is 23.9. The number of benzene rings is 3. The lowest BCUT2D eigenvalue weighted by Crippen LogP contribution is -2.12. The highest BCUT2D eigenvalue weighted by Gasteiger charge is 2.29. The maximum Gasteiger partial charge on any atom is 0.338 e. The topological polar surface area (TPSA) is 52.3 Å². The minimum absolute atomic E-state index is 0.0830. The molecule has 2 N–H and O–H groups in total. The van der Waals surface area contributed by atoms with Crippen LogP contribution in [0.25, 0.3) is 11.1 Å². The molecule has 0 spiro atoms. The number of rotatable bonds is 4. The van der Waals surface area contributed by atoms with Crippen LogP contribution < -0.4 is 5.73 Å². The van der Waals surface area contributed by atoms with Gasteiger partial charge in [0.15, 0.2) is 0 Å². The second-order valence-corrected chi connectivity index (χ2v) is 6.23. The molecular formula is C22H19NO2. The summed E-state index contributed by atoms with van der Waals surface area (Å²) in [6.07, 6.45) is 0. The number of hydrogen-bond acceptors (Lipinski definition) is 3. The third-order valence-corrected chi connectivity index (χ3v) is 4.77. The molecule has 0 saturated carbocycles. The first-order valence-corrected chi connectivity index (χ1v) is 8.42. The van der Waals surface area contributed by atoms with E-state index < -0.39 is 0 Å². The lowest BCUT2D eigenvalue weighted by Gasteiger charge is -2.14. The predicted octanol–water partition coefficient (Wildman–Crippen LogP) is 4.11. The van der Waals surface area contributed by atoms with E-state index in [9.17, 15) is 4.79 Å². The highest BCUT2D eigenvalue weighted by Crippen LogP contribution is 2.44.